The Kier molecular flexibility index (Phi) is 3.28. The van der Waals surface area contributed by atoms with Crippen molar-refractivity contribution < 1.29 is 4.79 Å². The average Bonchev–Trinajstić information content (AvgIpc) is 2.62. The van der Waals surface area contributed by atoms with Crippen LogP contribution in [0, 0.1) is 0 Å². The van der Waals surface area contributed by atoms with Crippen LogP contribution in [0.4, 0.5) is 11.4 Å². The van der Waals surface area contributed by atoms with Gasteiger partial charge in [0.05, 0.1) is 0 Å². The predicted octanol–water partition coefficient (Wildman–Crippen LogP) is 5.29. The molecule has 4 aromatic rings. The van der Waals surface area contributed by atoms with Crippen molar-refractivity contribution in [3.63, 3.8) is 0 Å². The van der Waals surface area contributed by atoms with E-state index in [4.69, 9.17) is 0 Å². The van der Waals surface area contributed by atoms with E-state index in [1.165, 1.54) is 10.8 Å². The second kappa shape index (κ2) is 5.58. The topological polar surface area (TPSA) is 20.3 Å². The molecule has 110 valence electrons. The molecular formula is C21H15NO. The number of hydrogen-bond donors (Lipinski definition) is 0. The number of benzene rings is 4. The van der Waals surface area contributed by atoms with Crippen LogP contribution in [0.1, 0.15) is 0 Å². The third-order valence-corrected chi connectivity index (χ3v) is 4.13. The average molecular weight is 297 g/mol. The van der Waals surface area contributed by atoms with E-state index >= 15 is 0 Å². The summed E-state index contributed by atoms with van der Waals surface area (Å²) in [5.41, 5.74) is 1.74. The van der Waals surface area contributed by atoms with Crippen LogP contribution >= 0.6 is 0 Å². The normalized spacial score (nSPS) is 10.8. The molecular weight excluding hydrogens is 282 g/mol. The van der Waals surface area contributed by atoms with Crippen molar-refractivity contribution in [1.29, 1.82) is 0 Å². The minimum Gasteiger partial charge on any atom is -0.284 e. The van der Waals surface area contributed by atoms with Crippen molar-refractivity contribution in [3.8, 4) is 0 Å². The first kappa shape index (κ1) is 13.5. The van der Waals surface area contributed by atoms with Gasteiger partial charge in [-0.1, -0.05) is 60.7 Å². The Hall–Kier alpha value is -3.13. The first-order valence-electron chi connectivity index (χ1n) is 7.57. The first-order valence-corrected chi connectivity index (χ1v) is 7.57. The lowest BCUT2D eigenvalue weighted by molar-refractivity contribution is -0.106. The van der Waals surface area contributed by atoms with Gasteiger partial charge in [-0.05, 0) is 45.8 Å². The van der Waals surface area contributed by atoms with Gasteiger partial charge in [-0.3, -0.25) is 9.69 Å². The minimum absolute atomic E-state index is 0.869. The highest BCUT2D eigenvalue weighted by molar-refractivity contribution is 5.95. The van der Waals surface area contributed by atoms with E-state index in [0.717, 1.165) is 28.6 Å². The molecule has 0 bridgehead atoms. The lowest BCUT2D eigenvalue weighted by Crippen LogP contribution is -2.13. The lowest BCUT2D eigenvalue weighted by atomic mass is 10.1. The van der Waals surface area contributed by atoms with Crippen LogP contribution in [-0.4, -0.2) is 6.41 Å². The van der Waals surface area contributed by atoms with Gasteiger partial charge in [0, 0.05) is 11.4 Å². The van der Waals surface area contributed by atoms with E-state index in [1.807, 2.05) is 60.7 Å². The van der Waals surface area contributed by atoms with Gasteiger partial charge in [0.15, 0.2) is 0 Å². The number of anilines is 2. The summed E-state index contributed by atoms with van der Waals surface area (Å²) in [6, 6.07) is 28.4. The Morgan fingerprint density at radius 1 is 0.565 bits per heavy atom. The Balaban J connectivity index is 1.83. The molecule has 0 saturated carbocycles. The van der Waals surface area contributed by atoms with Crippen molar-refractivity contribution in [2.45, 2.75) is 0 Å². The van der Waals surface area contributed by atoms with Crippen LogP contribution < -0.4 is 4.90 Å². The van der Waals surface area contributed by atoms with E-state index in [0.29, 0.717) is 0 Å². The maximum absolute atomic E-state index is 11.7. The SMILES string of the molecule is O=CN(c1ccc2ccccc2c1)c1ccc2ccccc2c1. The van der Waals surface area contributed by atoms with Gasteiger partial charge in [0.2, 0.25) is 6.41 Å². The van der Waals surface area contributed by atoms with Crippen LogP contribution in [0.15, 0.2) is 84.9 Å². The van der Waals surface area contributed by atoms with Gasteiger partial charge in [-0.25, -0.2) is 0 Å². The molecule has 4 aromatic carbocycles. The van der Waals surface area contributed by atoms with Gasteiger partial charge in [0.1, 0.15) is 0 Å². The molecule has 0 atom stereocenters. The van der Waals surface area contributed by atoms with Crippen molar-refractivity contribution in [2.24, 2.45) is 0 Å². The summed E-state index contributed by atoms with van der Waals surface area (Å²) < 4.78 is 0. The van der Waals surface area contributed by atoms with Crippen molar-refractivity contribution in [1.82, 2.24) is 0 Å². The number of nitrogens with zero attached hydrogens (tertiary/aromatic N) is 1. The van der Waals surface area contributed by atoms with Gasteiger partial charge in [0.25, 0.3) is 0 Å². The van der Waals surface area contributed by atoms with Crippen molar-refractivity contribution in [3.05, 3.63) is 84.9 Å². The number of carbonyl (C=O) groups excluding carboxylic acids is 1. The molecule has 0 aliphatic carbocycles. The second-order valence-electron chi connectivity index (χ2n) is 5.54. The Morgan fingerprint density at radius 3 is 1.43 bits per heavy atom. The molecule has 4 rings (SSSR count). The highest BCUT2D eigenvalue weighted by Gasteiger charge is 2.09. The zero-order valence-electron chi connectivity index (χ0n) is 12.5. The zero-order valence-corrected chi connectivity index (χ0v) is 12.5. The van der Waals surface area contributed by atoms with Crippen LogP contribution in [-0.2, 0) is 4.79 Å². The van der Waals surface area contributed by atoms with Crippen LogP contribution in [0.3, 0.4) is 0 Å². The van der Waals surface area contributed by atoms with E-state index in [1.54, 1.807) is 4.90 Å². The lowest BCUT2D eigenvalue weighted by Gasteiger charge is -2.19. The van der Waals surface area contributed by atoms with Crippen molar-refractivity contribution >= 4 is 39.3 Å². The number of fused-ring (bicyclic) bond motifs is 2. The molecule has 2 nitrogen and oxygen atoms in total. The summed E-state index contributed by atoms with van der Waals surface area (Å²) in [4.78, 5) is 13.4. The van der Waals surface area contributed by atoms with Crippen molar-refractivity contribution in [2.75, 3.05) is 4.90 Å². The quantitative estimate of drug-likeness (QED) is 0.471. The van der Waals surface area contributed by atoms with Gasteiger partial charge < -0.3 is 0 Å². The molecule has 0 heterocycles. The van der Waals surface area contributed by atoms with Crippen LogP contribution in [0.2, 0.25) is 0 Å². The van der Waals surface area contributed by atoms with E-state index in [9.17, 15) is 4.79 Å². The van der Waals surface area contributed by atoms with Crippen LogP contribution in [0.5, 0.6) is 0 Å². The molecule has 2 heteroatoms. The molecule has 0 unspecified atom stereocenters. The Morgan fingerprint density at radius 2 is 1.00 bits per heavy atom. The molecule has 0 radical (unpaired) electrons. The number of amides is 1. The molecule has 0 saturated heterocycles. The summed E-state index contributed by atoms with van der Waals surface area (Å²) >= 11 is 0. The molecule has 0 N–H and O–H groups in total. The molecule has 0 spiro atoms. The predicted molar refractivity (Wildman–Crippen MR) is 96.1 cm³/mol. The minimum atomic E-state index is 0.869. The molecule has 0 aliphatic rings. The Bertz CT molecular complexity index is 927. The molecule has 1 amide bonds. The van der Waals surface area contributed by atoms with Crippen LogP contribution in [0.25, 0.3) is 21.5 Å². The molecule has 23 heavy (non-hydrogen) atoms. The third-order valence-electron chi connectivity index (χ3n) is 4.13. The third kappa shape index (κ3) is 2.44. The second-order valence-corrected chi connectivity index (χ2v) is 5.54. The highest BCUT2D eigenvalue weighted by Crippen LogP contribution is 2.29. The fourth-order valence-electron chi connectivity index (χ4n) is 2.92. The van der Waals surface area contributed by atoms with E-state index in [2.05, 4.69) is 24.3 Å². The summed E-state index contributed by atoms with van der Waals surface area (Å²) in [5, 5.41) is 4.58. The summed E-state index contributed by atoms with van der Waals surface area (Å²) in [6.45, 7) is 0. The largest absolute Gasteiger partial charge is 0.284 e. The van der Waals surface area contributed by atoms with Gasteiger partial charge in [-0.2, -0.15) is 0 Å². The number of rotatable bonds is 3. The molecule has 0 aliphatic heterocycles. The van der Waals surface area contributed by atoms with E-state index < -0.39 is 0 Å². The first-order chi connectivity index (χ1) is 11.3. The highest BCUT2D eigenvalue weighted by atomic mass is 16.1. The number of hydrogen-bond acceptors (Lipinski definition) is 1. The maximum Gasteiger partial charge on any atom is 0.218 e. The fourth-order valence-corrected chi connectivity index (χ4v) is 2.92. The molecule has 0 fully saturated rings. The van der Waals surface area contributed by atoms with Gasteiger partial charge in [-0.15, -0.1) is 0 Å². The Labute approximate surface area is 134 Å². The maximum atomic E-state index is 11.7. The zero-order chi connectivity index (χ0) is 15.6. The van der Waals surface area contributed by atoms with E-state index in [-0.39, 0.29) is 0 Å². The number of carbonyl (C=O) groups is 1. The summed E-state index contributed by atoms with van der Waals surface area (Å²) in [7, 11) is 0. The summed E-state index contributed by atoms with van der Waals surface area (Å²) in [5.74, 6) is 0. The molecule has 0 aromatic heterocycles. The van der Waals surface area contributed by atoms with Gasteiger partial charge >= 0.3 is 0 Å². The monoisotopic (exact) mass is 297 g/mol. The standard InChI is InChI=1S/C21H15NO/c23-15-22(20-11-9-16-5-1-3-7-18(16)13-20)21-12-10-17-6-2-4-8-19(17)14-21/h1-15H. The fraction of sp³-hybridized carbons (Fsp3) is 0. The smallest absolute Gasteiger partial charge is 0.218 e. The summed E-state index contributed by atoms with van der Waals surface area (Å²) in [6.07, 6.45) is 0.869.